The topological polar surface area (TPSA) is 47.9 Å². The van der Waals surface area contributed by atoms with Crippen molar-refractivity contribution in [3.05, 3.63) is 48.5 Å². The number of rotatable bonds is 6. The zero-order valence-electron chi connectivity index (χ0n) is 14.3. The normalized spacial score (nSPS) is 9.00. The average molecular weight is 543 g/mol. The lowest BCUT2D eigenvalue weighted by atomic mass is 10.3. The molecule has 7 heteroatoms. The lowest BCUT2D eigenvalue weighted by molar-refractivity contribution is 0.340. The highest BCUT2D eigenvalue weighted by Gasteiger charge is 1.94. The monoisotopic (exact) mass is 540 g/mol. The first kappa shape index (κ1) is 24.1. The van der Waals surface area contributed by atoms with Crippen LogP contribution in [-0.2, 0) is 0 Å². The highest BCUT2D eigenvalue weighted by Crippen LogP contribution is 2.18. The molecule has 0 aliphatic rings. The summed E-state index contributed by atoms with van der Waals surface area (Å²) in [6.07, 6.45) is 0. The third-order valence-corrected chi connectivity index (χ3v) is 4.69. The van der Waals surface area contributed by atoms with Crippen molar-refractivity contribution < 1.29 is 19.3 Å². The number of benzene rings is 2. The van der Waals surface area contributed by atoms with Crippen LogP contribution in [0.4, 0.5) is 0 Å². The fourth-order valence-corrected chi connectivity index (χ4v) is 1.62. The van der Waals surface area contributed by atoms with Gasteiger partial charge in [-0.3, -0.25) is 0 Å². The van der Waals surface area contributed by atoms with E-state index in [0.29, 0.717) is 12.4 Å². The van der Waals surface area contributed by atoms with Gasteiger partial charge in [0.05, 0.1) is 20.8 Å². The molecule has 0 radical (unpaired) electrons. The molecule has 0 heterocycles. The van der Waals surface area contributed by atoms with Gasteiger partial charge in [-0.15, -0.1) is 0 Å². The van der Waals surface area contributed by atoms with Gasteiger partial charge >= 0.3 is 0 Å². The van der Waals surface area contributed by atoms with Gasteiger partial charge in [0, 0.05) is 28.1 Å². The summed E-state index contributed by atoms with van der Waals surface area (Å²) in [7, 11) is 3.21. The van der Waals surface area contributed by atoms with Crippen molar-refractivity contribution in [3.63, 3.8) is 0 Å². The maximum Gasteiger partial charge on any atom is 0.123 e. The predicted molar refractivity (Wildman–Crippen MR) is 115 cm³/mol. The Bertz CT molecular complexity index is 566. The standard InChI is InChI=1S/C9H11BrO2.C7H8O2.C2H4Br2/c1-11-8-3-2-4-9(7-8)12-6-5-10;1-9-7-4-2-3-6(8)5-7;3-1-2-4/h2-4,7H,5-6H2,1H3;2-5,8H,1H3;1-2H2. The predicted octanol–water partition coefficient (Wildman–Crippen LogP) is 5.65. The fourth-order valence-electron chi connectivity index (χ4n) is 1.46. The highest BCUT2D eigenvalue weighted by atomic mass is 79.9. The Labute approximate surface area is 174 Å². The molecular weight excluding hydrogens is 520 g/mol. The first-order chi connectivity index (χ1) is 12.1. The Morgan fingerprint density at radius 2 is 1.28 bits per heavy atom. The molecule has 2 rings (SSSR count). The number of aromatic hydroxyl groups is 1. The molecule has 0 saturated carbocycles. The van der Waals surface area contributed by atoms with Gasteiger partial charge in [-0.05, 0) is 24.3 Å². The van der Waals surface area contributed by atoms with Crippen LogP contribution in [-0.4, -0.2) is 41.9 Å². The third-order valence-electron chi connectivity index (χ3n) is 2.51. The lowest BCUT2D eigenvalue weighted by Gasteiger charge is -2.05. The SMILES string of the molecule is BrCCBr.COc1cccc(O)c1.COc1cccc(OCCBr)c1. The second-order valence-corrected chi connectivity index (χ2v) is 6.67. The van der Waals surface area contributed by atoms with Crippen LogP contribution in [0.2, 0.25) is 0 Å². The van der Waals surface area contributed by atoms with Gasteiger partial charge in [-0.1, -0.05) is 59.9 Å². The summed E-state index contributed by atoms with van der Waals surface area (Å²) in [5, 5.41) is 11.8. The zero-order chi connectivity index (χ0) is 18.9. The van der Waals surface area contributed by atoms with Crippen molar-refractivity contribution >= 4 is 47.8 Å². The molecule has 0 saturated heterocycles. The minimum absolute atomic E-state index is 0.231. The van der Waals surface area contributed by atoms with E-state index in [1.165, 1.54) is 0 Å². The van der Waals surface area contributed by atoms with E-state index in [1.54, 1.807) is 38.5 Å². The lowest BCUT2D eigenvalue weighted by Crippen LogP contribution is -1.97. The van der Waals surface area contributed by atoms with Crippen molar-refractivity contribution in [2.75, 3.05) is 36.8 Å². The Morgan fingerprint density at radius 3 is 1.72 bits per heavy atom. The maximum atomic E-state index is 8.86. The summed E-state index contributed by atoms with van der Waals surface area (Å²) >= 11 is 9.69. The van der Waals surface area contributed by atoms with Gasteiger partial charge in [-0.25, -0.2) is 0 Å². The van der Waals surface area contributed by atoms with E-state index in [9.17, 15) is 0 Å². The molecule has 0 atom stereocenters. The van der Waals surface area contributed by atoms with Crippen LogP contribution in [0.3, 0.4) is 0 Å². The number of alkyl halides is 3. The van der Waals surface area contributed by atoms with Gasteiger partial charge in [0.1, 0.15) is 23.0 Å². The molecule has 2 aromatic rings. The van der Waals surface area contributed by atoms with Crippen LogP contribution >= 0.6 is 47.8 Å². The van der Waals surface area contributed by atoms with E-state index < -0.39 is 0 Å². The van der Waals surface area contributed by atoms with Crippen LogP contribution < -0.4 is 14.2 Å². The highest BCUT2D eigenvalue weighted by molar-refractivity contribution is 9.12. The molecular formula is C18H23Br3O4. The Hall–Kier alpha value is -0.920. The summed E-state index contributed by atoms with van der Waals surface area (Å²) in [5.74, 6) is 2.57. The largest absolute Gasteiger partial charge is 0.508 e. The van der Waals surface area contributed by atoms with Crippen LogP contribution in [0.1, 0.15) is 0 Å². The Morgan fingerprint density at radius 1 is 0.760 bits per heavy atom. The van der Waals surface area contributed by atoms with E-state index in [4.69, 9.17) is 19.3 Å². The van der Waals surface area contributed by atoms with Crippen molar-refractivity contribution in [2.24, 2.45) is 0 Å². The number of ether oxygens (including phenoxy) is 3. The van der Waals surface area contributed by atoms with Crippen molar-refractivity contribution in [1.82, 2.24) is 0 Å². The molecule has 0 bridgehead atoms. The molecule has 4 nitrogen and oxygen atoms in total. The summed E-state index contributed by atoms with van der Waals surface area (Å²) in [5.41, 5.74) is 0. The Balaban J connectivity index is 0.000000391. The molecule has 0 aromatic heterocycles. The Kier molecular flexibility index (Phi) is 15.9. The fraction of sp³-hybridized carbons (Fsp3) is 0.333. The first-order valence-electron chi connectivity index (χ1n) is 7.39. The average Bonchev–Trinajstić information content (AvgIpc) is 2.67. The molecule has 0 spiro atoms. The number of methoxy groups -OCH3 is 2. The molecule has 140 valence electrons. The number of hydrogen-bond donors (Lipinski definition) is 1. The molecule has 0 fully saturated rings. The van der Waals surface area contributed by atoms with Gasteiger partial charge < -0.3 is 19.3 Å². The van der Waals surface area contributed by atoms with E-state index in [2.05, 4.69) is 47.8 Å². The zero-order valence-corrected chi connectivity index (χ0v) is 19.0. The maximum absolute atomic E-state index is 8.86. The van der Waals surface area contributed by atoms with Crippen LogP contribution in [0, 0.1) is 0 Å². The minimum Gasteiger partial charge on any atom is -0.508 e. The van der Waals surface area contributed by atoms with Crippen LogP contribution in [0.25, 0.3) is 0 Å². The molecule has 0 aliphatic carbocycles. The van der Waals surface area contributed by atoms with E-state index >= 15 is 0 Å². The van der Waals surface area contributed by atoms with E-state index in [0.717, 1.165) is 27.5 Å². The van der Waals surface area contributed by atoms with Gasteiger partial charge in [-0.2, -0.15) is 0 Å². The third kappa shape index (κ3) is 13.0. The minimum atomic E-state index is 0.231. The summed E-state index contributed by atoms with van der Waals surface area (Å²) in [6, 6.07) is 14.2. The molecule has 2 aromatic carbocycles. The van der Waals surface area contributed by atoms with Crippen molar-refractivity contribution in [1.29, 1.82) is 0 Å². The second kappa shape index (κ2) is 16.5. The molecule has 0 amide bonds. The second-order valence-electron chi connectivity index (χ2n) is 4.30. The number of phenols is 1. The van der Waals surface area contributed by atoms with Crippen molar-refractivity contribution in [3.8, 4) is 23.0 Å². The van der Waals surface area contributed by atoms with Crippen molar-refractivity contribution in [2.45, 2.75) is 0 Å². The summed E-state index contributed by atoms with van der Waals surface area (Å²) in [6.45, 7) is 0.674. The molecule has 25 heavy (non-hydrogen) atoms. The molecule has 1 N–H and O–H groups in total. The van der Waals surface area contributed by atoms with Crippen LogP contribution in [0.5, 0.6) is 23.0 Å². The van der Waals surface area contributed by atoms with E-state index in [1.807, 2.05) is 24.3 Å². The number of halogens is 3. The molecule has 0 unspecified atom stereocenters. The van der Waals surface area contributed by atoms with Gasteiger partial charge in [0.15, 0.2) is 0 Å². The van der Waals surface area contributed by atoms with Crippen LogP contribution in [0.15, 0.2) is 48.5 Å². The van der Waals surface area contributed by atoms with Gasteiger partial charge in [0.2, 0.25) is 0 Å². The van der Waals surface area contributed by atoms with Gasteiger partial charge in [0.25, 0.3) is 0 Å². The summed E-state index contributed by atoms with van der Waals surface area (Å²) < 4.78 is 15.2. The quantitative estimate of drug-likeness (QED) is 0.480. The van der Waals surface area contributed by atoms with E-state index in [-0.39, 0.29) is 5.75 Å². The smallest absolute Gasteiger partial charge is 0.123 e. The number of hydrogen-bond acceptors (Lipinski definition) is 4. The number of phenolic OH excluding ortho intramolecular Hbond substituents is 1. The first-order valence-corrected chi connectivity index (χ1v) is 10.8. The molecule has 0 aliphatic heterocycles. The summed E-state index contributed by atoms with van der Waals surface area (Å²) in [4.78, 5) is 0.